The Labute approximate surface area is 120 Å². The van der Waals surface area contributed by atoms with Crippen molar-refractivity contribution >= 4 is 0 Å². The van der Waals surface area contributed by atoms with E-state index in [0.717, 1.165) is 30.8 Å². The Morgan fingerprint density at radius 3 is 2.70 bits per heavy atom. The molecule has 110 valence electrons. The molecule has 1 aromatic carbocycles. The van der Waals surface area contributed by atoms with Gasteiger partial charge in [0.15, 0.2) is 11.5 Å². The molecule has 0 saturated heterocycles. The van der Waals surface area contributed by atoms with Crippen molar-refractivity contribution in [3.8, 4) is 11.5 Å². The van der Waals surface area contributed by atoms with Gasteiger partial charge >= 0.3 is 0 Å². The monoisotopic (exact) mass is 276 g/mol. The molecule has 0 amide bonds. The lowest BCUT2D eigenvalue weighted by Gasteiger charge is -2.17. The molecule has 3 nitrogen and oxygen atoms in total. The largest absolute Gasteiger partial charge is 0.493 e. The first-order valence-corrected chi connectivity index (χ1v) is 7.77. The summed E-state index contributed by atoms with van der Waals surface area (Å²) >= 11 is 0. The van der Waals surface area contributed by atoms with Crippen LogP contribution in [0.25, 0.3) is 0 Å². The summed E-state index contributed by atoms with van der Waals surface area (Å²) < 4.78 is 11.6. The molecule has 3 rings (SSSR count). The van der Waals surface area contributed by atoms with E-state index >= 15 is 0 Å². The van der Waals surface area contributed by atoms with Gasteiger partial charge in [0.05, 0.1) is 13.2 Å². The van der Waals surface area contributed by atoms with Crippen LogP contribution in [-0.4, -0.2) is 24.9 Å². The van der Waals surface area contributed by atoms with Crippen molar-refractivity contribution < 1.29 is 14.6 Å². The Balaban J connectivity index is 1.73. The van der Waals surface area contributed by atoms with Crippen LogP contribution in [0.5, 0.6) is 11.5 Å². The Morgan fingerprint density at radius 1 is 1.20 bits per heavy atom. The van der Waals surface area contributed by atoms with Crippen LogP contribution in [0.4, 0.5) is 0 Å². The van der Waals surface area contributed by atoms with E-state index in [1.54, 1.807) is 7.11 Å². The molecule has 2 aliphatic carbocycles. The van der Waals surface area contributed by atoms with Crippen LogP contribution in [0.15, 0.2) is 18.2 Å². The number of rotatable bonds is 6. The van der Waals surface area contributed by atoms with Crippen molar-refractivity contribution in [1.82, 2.24) is 0 Å². The molecule has 3 heteroatoms. The average molecular weight is 276 g/mol. The maximum atomic E-state index is 9.02. The van der Waals surface area contributed by atoms with Crippen molar-refractivity contribution in [2.45, 2.75) is 50.5 Å². The van der Waals surface area contributed by atoms with Gasteiger partial charge in [0, 0.05) is 6.61 Å². The molecule has 0 spiro atoms. The van der Waals surface area contributed by atoms with Gasteiger partial charge in [0.25, 0.3) is 0 Å². The molecule has 1 N–H and O–H groups in total. The molecule has 20 heavy (non-hydrogen) atoms. The molecule has 0 bridgehead atoms. The van der Waals surface area contributed by atoms with Crippen LogP contribution >= 0.6 is 0 Å². The second-order valence-corrected chi connectivity index (χ2v) is 6.05. The van der Waals surface area contributed by atoms with E-state index in [1.807, 2.05) is 6.07 Å². The minimum Gasteiger partial charge on any atom is -0.493 e. The summed E-state index contributed by atoms with van der Waals surface area (Å²) in [6.45, 7) is 0.294. The number of hydrogen-bond donors (Lipinski definition) is 1. The third kappa shape index (κ3) is 2.93. The van der Waals surface area contributed by atoms with Crippen molar-refractivity contribution in [3.63, 3.8) is 0 Å². The zero-order chi connectivity index (χ0) is 13.9. The molecule has 0 heterocycles. The van der Waals surface area contributed by atoms with E-state index in [4.69, 9.17) is 14.6 Å². The first-order chi connectivity index (χ1) is 9.81. The van der Waals surface area contributed by atoms with Crippen molar-refractivity contribution in [2.24, 2.45) is 5.92 Å². The first-order valence-electron chi connectivity index (χ1n) is 7.77. The molecular formula is C17H24O3. The summed E-state index contributed by atoms with van der Waals surface area (Å²) in [5.41, 5.74) is 1.33. The molecule has 0 aromatic heterocycles. The van der Waals surface area contributed by atoms with E-state index in [2.05, 4.69) is 12.1 Å². The van der Waals surface area contributed by atoms with Crippen LogP contribution in [0.3, 0.4) is 0 Å². The molecule has 2 atom stereocenters. The molecule has 2 fully saturated rings. The van der Waals surface area contributed by atoms with Crippen LogP contribution in [0.1, 0.15) is 50.0 Å². The Bertz CT molecular complexity index is 452. The predicted octanol–water partition coefficient (Wildman–Crippen LogP) is 3.50. The quantitative estimate of drug-likeness (QED) is 0.864. The lowest BCUT2D eigenvalue weighted by atomic mass is 10.1. The summed E-state index contributed by atoms with van der Waals surface area (Å²) in [5.74, 6) is 2.97. The second kappa shape index (κ2) is 6.04. The van der Waals surface area contributed by atoms with Crippen LogP contribution in [0, 0.1) is 5.92 Å². The molecule has 0 aliphatic heterocycles. The van der Waals surface area contributed by atoms with Gasteiger partial charge in [-0.3, -0.25) is 0 Å². The van der Waals surface area contributed by atoms with Crippen LogP contribution < -0.4 is 9.47 Å². The zero-order valence-corrected chi connectivity index (χ0v) is 12.2. The fraction of sp³-hybridized carbons (Fsp3) is 0.647. The minimum absolute atomic E-state index is 0.294. The minimum atomic E-state index is 0.294. The van der Waals surface area contributed by atoms with Gasteiger partial charge in [0.2, 0.25) is 0 Å². The second-order valence-electron chi connectivity index (χ2n) is 6.05. The maximum Gasteiger partial charge on any atom is 0.161 e. The summed E-state index contributed by atoms with van der Waals surface area (Å²) in [6, 6.07) is 6.32. The number of methoxy groups -OCH3 is 1. The lowest BCUT2D eigenvalue weighted by molar-refractivity contribution is 0.200. The summed E-state index contributed by atoms with van der Waals surface area (Å²) in [6.07, 6.45) is 7.31. The highest BCUT2D eigenvalue weighted by Gasteiger charge is 2.37. The SMILES string of the molecule is COc1ccc(C2C[C@@H]2CCO)cc1OC1CCCC1. The highest BCUT2D eigenvalue weighted by Crippen LogP contribution is 2.50. The smallest absolute Gasteiger partial charge is 0.161 e. The van der Waals surface area contributed by atoms with Gasteiger partial charge in [-0.15, -0.1) is 0 Å². The molecular weight excluding hydrogens is 252 g/mol. The highest BCUT2D eigenvalue weighted by molar-refractivity contribution is 5.45. The third-order valence-corrected chi connectivity index (χ3v) is 4.63. The first kappa shape index (κ1) is 13.7. The third-order valence-electron chi connectivity index (χ3n) is 4.63. The standard InChI is InChI=1S/C17H24O3/c1-19-16-7-6-12(15-10-13(15)8-9-18)11-17(16)20-14-4-2-3-5-14/h6-7,11,13-15,18H,2-5,8-10H2,1H3/t13-,15?/m0/s1. The van der Waals surface area contributed by atoms with Gasteiger partial charge in [-0.25, -0.2) is 0 Å². The van der Waals surface area contributed by atoms with Crippen molar-refractivity contribution in [3.05, 3.63) is 23.8 Å². The van der Waals surface area contributed by atoms with Crippen molar-refractivity contribution in [2.75, 3.05) is 13.7 Å². The van der Waals surface area contributed by atoms with E-state index in [0.29, 0.717) is 24.5 Å². The average Bonchev–Trinajstić information content (AvgIpc) is 3.04. The molecule has 1 aromatic rings. The Morgan fingerprint density at radius 2 is 2.00 bits per heavy atom. The van der Waals surface area contributed by atoms with E-state index in [-0.39, 0.29) is 0 Å². The number of benzene rings is 1. The summed E-state index contributed by atoms with van der Waals surface area (Å²) in [4.78, 5) is 0. The maximum absolute atomic E-state index is 9.02. The Hall–Kier alpha value is -1.22. The molecule has 0 radical (unpaired) electrons. The number of hydrogen-bond acceptors (Lipinski definition) is 3. The van der Waals surface area contributed by atoms with Gasteiger partial charge in [-0.1, -0.05) is 6.07 Å². The predicted molar refractivity (Wildman–Crippen MR) is 78.4 cm³/mol. The molecule has 2 aliphatic rings. The fourth-order valence-corrected chi connectivity index (χ4v) is 3.34. The van der Waals surface area contributed by atoms with Crippen LogP contribution in [-0.2, 0) is 0 Å². The van der Waals surface area contributed by atoms with E-state index in [1.165, 1.54) is 24.8 Å². The van der Waals surface area contributed by atoms with Crippen LogP contribution in [0.2, 0.25) is 0 Å². The summed E-state index contributed by atoms with van der Waals surface area (Å²) in [7, 11) is 1.70. The normalized spacial score (nSPS) is 25.7. The van der Waals surface area contributed by atoms with Gasteiger partial charge in [0.1, 0.15) is 0 Å². The van der Waals surface area contributed by atoms with Gasteiger partial charge in [-0.2, -0.15) is 0 Å². The van der Waals surface area contributed by atoms with Gasteiger partial charge < -0.3 is 14.6 Å². The van der Waals surface area contributed by atoms with Crippen molar-refractivity contribution in [1.29, 1.82) is 0 Å². The highest BCUT2D eigenvalue weighted by atomic mass is 16.5. The summed E-state index contributed by atoms with van der Waals surface area (Å²) in [5, 5.41) is 9.02. The molecule has 2 saturated carbocycles. The van der Waals surface area contributed by atoms with E-state index < -0.39 is 0 Å². The fourth-order valence-electron chi connectivity index (χ4n) is 3.34. The number of aliphatic hydroxyl groups is 1. The lowest BCUT2D eigenvalue weighted by Crippen LogP contribution is -2.11. The topological polar surface area (TPSA) is 38.7 Å². The number of ether oxygens (including phenoxy) is 2. The Kier molecular flexibility index (Phi) is 4.16. The number of aliphatic hydroxyl groups excluding tert-OH is 1. The molecule has 1 unspecified atom stereocenters. The zero-order valence-electron chi connectivity index (χ0n) is 12.2. The van der Waals surface area contributed by atoms with Gasteiger partial charge in [-0.05, 0) is 68.1 Å². The van der Waals surface area contributed by atoms with E-state index in [9.17, 15) is 0 Å².